The lowest BCUT2D eigenvalue weighted by Gasteiger charge is -2.05. The van der Waals surface area contributed by atoms with Crippen molar-refractivity contribution in [1.29, 1.82) is 0 Å². The zero-order valence-electron chi connectivity index (χ0n) is 9.37. The number of carbonyl (C=O) groups excluding carboxylic acids is 1. The Morgan fingerprint density at radius 3 is 1.87 bits per heavy atom. The molecule has 0 aromatic rings. The predicted octanol–water partition coefficient (Wildman–Crippen LogP) is -0.0260. The van der Waals surface area contributed by atoms with Gasteiger partial charge in [0.2, 0.25) is 0 Å². The Morgan fingerprint density at radius 1 is 0.933 bits per heavy atom. The molecule has 0 heterocycles. The number of ether oxygens (including phenoxy) is 3. The number of nitrogens with two attached hydrogens (primary N) is 1. The van der Waals surface area contributed by atoms with Crippen molar-refractivity contribution in [2.45, 2.75) is 13.3 Å². The molecule has 0 bridgehead atoms. The maximum atomic E-state index is 10.5. The van der Waals surface area contributed by atoms with E-state index in [-0.39, 0.29) is 5.78 Å². The first kappa shape index (κ1) is 14.5. The quantitative estimate of drug-likeness (QED) is 0.494. The first-order valence-electron chi connectivity index (χ1n) is 5.20. The fourth-order valence-corrected chi connectivity index (χ4v) is 0.841. The van der Waals surface area contributed by atoms with Gasteiger partial charge >= 0.3 is 0 Å². The number of hydrogen-bond acceptors (Lipinski definition) is 5. The third kappa shape index (κ3) is 13.5. The van der Waals surface area contributed by atoms with Gasteiger partial charge in [-0.15, -0.1) is 0 Å². The zero-order valence-corrected chi connectivity index (χ0v) is 9.37. The van der Waals surface area contributed by atoms with Crippen LogP contribution in [0.2, 0.25) is 0 Å². The summed E-state index contributed by atoms with van der Waals surface area (Å²) in [4.78, 5) is 10.5. The first-order chi connectivity index (χ1) is 7.27. The van der Waals surface area contributed by atoms with Crippen LogP contribution in [0.1, 0.15) is 13.3 Å². The molecule has 0 saturated carbocycles. The molecule has 2 N–H and O–H groups in total. The first-order valence-corrected chi connectivity index (χ1v) is 5.20. The second kappa shape index (κ2) is 11.6. The minimum atomic E-state index is 0.145. The van der Waals surface area contributed by atoms with E-state index < -0.39 is 0 Å². The van der Waals surface area contributed by atoms with Gasteiger partial charge in [-0.05, 0) is 6.92 Å². The lowest BCUT2D eigenvalue weighted by molar-refractivity contribution is -0.118. The number of rotatable bonds is 11. The Morgan fingerprint density at radius 2 is 1.40 bits per heavy atom. The van der Waals surface area contributed by atoms with E-state index in [1.54, 1.807) is 6.92 Å². The van der Waals surface area contributed by atoms with Crippen LogP contribution in [0.25, 0.3) is 0 Å². The molecule has 0 unspecified atom stereocenters. The summed E-state index contributed by atoms with van der Waals surface area (Å²) in [6.45, 7) is 5.29. The van der Waals surface area contributed by atoms with Gasteiger partial charge in [-0.25, -0.2) is 0 Å². The molecule has 0 fully saturated rings. The van der Waals surface area contributed by atoms with Crippen molar-refractivity contribution in [3.8, 4) is 0 Å². The van der Waals surface area contributed by atoms with Crippen molar-refractivity contribution < 1.29 is 19.0 Å². The molecule has 0 atom stereocenters. The number of hydrogen-bond donors (Lipinski definition) is 1. The number of carbonyl (C=O) groups is 1. The average molecular weight is 219 g/mol. The van der Waals surface area contributed by atoms with Crippen LogP contribution in [0.5, 0.6) is 0 Å². The topological polar surface area (TPSA) is 70.8 Å². The third-order valence-corrected chi connectivity index (χ3v) is 1.60. The third-order valence-electron chi connectivity index (χ3n) is 1.60. The van der Waals surface area contributed by atoms with Gasteiger partial charge in [0.1, 0.15) is 5.78 Å². The highest BCUT2D eigenvalue weighted by molar-refractivity contribution is 5.75. The van der Waals surface area contributed by atoms with Crippen LogP contribution in [-0.2, 0) is 19.0 Å². The van der Waals surface area contributed by atoms with Crippen LogP contribution in [0.4, 0.5) is 0 Å². The summed E-state index contributed by atoms with van der Waals surface area (Å²) in [5.74, 6) is 0.145. The molecule has 0 rings (SSSR count). The highest BCUT2D eigenvalue weighted by Gasteiger charge is 1.93. The van der Waals surface area contributed by atoms with Crippen molar-refractivity contribution in [2.24, 2.45) is 5.73 Å². The van der Waals surface area contributed by atoms with E-state index in [1.807, 2.05) is 0 Å². The van der Waals surface area contributed by atoms with Gasteiger partial charge in [-0.3, -0.25) is 4.79 Å². The normalized spacial score (nSPS) is 10.5. The molecule has 0 aromatic carbocycles. The van der Waals surface area contributed by atoms with Gasteiger partial charge in [0.15, 0.2) is 0 Å². The second-order valence-electron chi connectivity index (χ2n) is 3.08. The van der Waals surface area contributed by atoms with Gasteiger partial charge in [0.05, 0.1) is 39.6 Å². The van der Waals surface area contributed by atoms with E-state index in [2.05, 4.69) is 0 Å². The van der Waals surface area contributed by atoms with E-state index >= 15 is 0 Å². The summed E-state index contributed by atoms with van der Waals surface area (Å²) < 4.78 is 15.5. The summed E-state index contributed by atoms with van der Waals surface area (Å²) in [7, 11) is 0. The van der Waals surface area contributed by atoms with Crippen LogP contribution < -0.4 is 5.73 Å². The highest BCUT2D eigenvalue weighted by Crippen LogP contribution is 1.85. The van der Waals surface area contributed by atoms with E-state index in [9.17, 15) is 4.79 Å². The standard InChI is InChI=1S/C10H21NO4/c1-10(12)2-4-13-6-8-15-9-7-14-5-3-11/h2-9,11H2,1H3. The molecule has 0 radical (unpaired) electrons. The Balaban J connectivity index is 2.89. The van der Waals surface area contributed by atoms with Crippen molar-refractivity contribution >= 4 is 5.78 Å². The number of Topliss-reactive ketones (excluding diaryl/α,β-unsaturated/α-hetero) is 1. The van der Waals surface area contributed by atoms with E-state index in [1.165, 1.54) is 0 Å². The largest absolute Gasteiger partial charge is 0.379 e. The molecule has 15 heavy (non-hydrogen) atoms. The summed E-state index contributed by atoms with van der Waals surface area (Å²) in [6, 6.07) is 0. The van der Waals surface area contributed by atoms with Crippen LogP contribution >= 0.6 is 0 Å². The molecule has 0 aliphatic heterocycles. The van der Waals surface area contributed by atoms with Gasteiger partial charge in [0.25, 0.3) is 0 Å². The van der Waals surface area contributed by atoms with E-state index in [0.717, 1.165) is 0 Å². The number of ketones is 1. The van der Waals surface area contributed by atoms with Crippen molar-refractivity contribution in [3.63, 3.8) is 0 Å². The van der Waals surface area contributed by atoms with Crippen molar-refractivity contribution in [3.05, 3.63) is 0 Å². The minimum Gasteiger partial charge on any atom is -0.379 e. The van der Waals surface area contributed by atoms with E-state index in [0.29, 0.717) is 52.6 Å². The lowest BCUT2D eigenvalue weighted by Crippen LogP contribution is -2.13. The molecule has 90 valence electrons. The molecular formula is C10H21NO4. The molecule has 0 amide bonds. The maximum absolute atomic E-state index is 10.5. The molecule has 5 heteroatoms. The SMILES string of the molecule is CC(=O)CCOCCOCCOCCN. The fraction of sp³-hybridized carbons (Fsp3) is 0.900. The Labute approximate surface area is 90.9 Å². The highest BCUT2D eigenvalue weighted by atomic mass is 16.5. The van der Waals surface area contributed by atoms with Crippen molar-refractivity contribution in [1.82, 2.24) is 0 Å². The van der Waals surface area contributed by atoms with Gasteiger partial charge < -0.3 is 19.9 Å². The average Bonchev–Trinajstić information content (AvgIpc) is 2.20. The molecule has 5 nitrogen and oxygen atoms in total. The smallest absolute Gasteiger partial charge is 0.132 e. The Hall–Kier alpha value is -0.490. The van der Waals surface area contributed by atoms with E-state index in [4.69, 9.17) is 19.9 Å². The fourth-order valence-electron chi connectivity index (χ4n) is 0.841. The van der Waals surface area contributed by atoms with Crippen LogP contribution in [-0.4, -0.2) is 52.0 Å². The molecule has 0 aromatic heterocycles. The van der Waals surface area contributed by atoms with Crippen molar-refractivity contribution in [2.75, 3.05) is 46.2 Å². The maximum Gasteiger partial charge on any atom is 0.132 e. The van der Waals surface area contributed by atoms with Crippen LogP contribution in [0.15, 0.2) is 0 Å². The molecule has 0 saturated heterocycles. The summed E-state index contributed by atoms with van der Waals surface area (Å²) in [5, 5.41) is 0. The van der Waals surface area contributed by atoms with Gasteiger partial charge in [0, 0.05) is 13.0 Å². The Kier molecular flexibility index (Phi) is 11.2. The van der Waals surface area contributed by atoms with Crippen LogP contribution in [0, 0.1) is 0 Å². The lowest BCUT2D eigenvalue weighted by atomic mass is 10.3. The predicted molar refractivity (Wildman–Crippen MR) is 56.8 cm³/mol. The monoisotopic (exact) mass is 219 g/mol. The summed E-state index contributed by atoms with van der Waals surface area (Å²) in [5.41, 5.74) is 5.24. The molecule has 0 aliphatic carbocycles. The van der Waals surface area contributed by atoms with Gasteiger partial charge in [-0.2, -0.15) is 0 Å². The Bertz CT molecular complexity index is 152. The van der Waals surface area contributed by atoms with Crippen LogP contribution in [0.3, 0.4) is 0 Å². The van der Waals surface area contributed by atoms with Gasteiger partial charge in [-0.1, -0.05) is 0 Å². The molecular weight excluding hydrogens is 198 g/mol. The zero-order chi connectivity index (χ0) is 11.4. The summed E-state index contributed by atoms with van der Waals surface area (Å²) in [6.07, 6.45) is 0.472. The summed E-state index contributed by atoms with van der Waals surface area (Å²) >= 11 is 0. The minimum absolute atomic E-state index is 0.145. The molecule has 0 spiro atoms. The second-order valence-corrected chi connectivity index (χ2v) is 3.08. The molecule has 0 aliphatic rings.